The molecule has 0 radical (unpaired) electrons. The van der Waals surface area contributed by atoms with Crippen LogP contribution in [0.5, 0.6) is 17.8 Å². The minimum absolute atomic E-state index is 0.0292. The van der Waals surface area contributed by atoms with Crippen molar-refractivity contribution in [3.63, 3.8) is 0 Å². The highest BCUT2D eigenvalue weighted by Gasteiger charge is 2.30. The first kappa shape index (κ1) is 22.3. The molecule has 1 unspecified atom stereocenters. The van der Waals surface area contributed by atoms with Gasteiger partial charge in [0, 0.05) is 18.1 Å². The molecule has 2 aromatic rings. The van der Waals surface area contributed by atoms with E-state index in [9.17, 15) is 0 Å². The molecule has 1 aromatic heterocycles. The quantitative estimate of drug-likeness (QED) is 0.646. The summed E-state index contributed by atoms with van der Waals surface area (Å²) in [4.78, 5) is 8.96. The van der Waals surface area contributed by atoms with Gasteiger partial charge in [-0.1, -0.05) is 30.3 Å². The van der Waals surface area contributed by atoms with Crippen LogP contribution in [0.1, 0.15) is 63.7 Å². The van der Waals surface area contributed by atoms with Gasteiger partial charge in [0.2, 0.25) is 11.8 Å². The fraction of sp³-hybridized carbons (Fsp3) is 0.565. The molecule has 1 aliphatic heterocycles. The maximum Gasteiger partial charge on any atom is 0.323 e. The molecule has 164 valence electrons. The molecule has 0 amide bonds. The molecule has 7 nitrogen and oxygen atoms in total. The Hall–Kier alpha value is -2.38. The molecule has 1 aliphatic rings. The summed E-state index contributed by atoms with van der Waals surface area (Å²) >= 11 is 0. The standard InChI is InChI=1S/C23H34N4O3/c1-6-29-23-26-21(28-5)19(22(27-23)30-15(2)3)16(4)25-18-13-10-14-24-20(18)17-11-8-7-9-12-17/h7-9,11-12,15-16,18,20,24-25H,6,10,13-14H2,1-5H3/t16?,18-,20-/m0/s1. The summed E-state index contributed by atoms with van der Waals surface area (Å²) in [5.74, 6) is 0.976. The molecule has 7 heteroatoms. The first-order valence-corrected chi connectivity index (χ1v) is 10.8. The highest BCUT2D eigenvalue weighted by atomic mass is 16.5. The second-order valence-corrected chi connectivity index (χ2v) is 7.81. The molecule has 1 fully saturated rings. The van der Waals surface area contributed by atoms with E-state index in [-0.39, 0.29) is 30.2 Å². The molecule has 0 aliphatic carbocycles. The highest BCUT2D eigenvalue weighted by Crippen LogP contribution is 2.35. The van der Waals surface area contributed by atoms with Crippen molar-refractivity contribution in [3.8, 4) is 17.8 Å². The third kappa shape index (κ3) is 5.40. The van der Waals surface area contributed by atoms with Crippen molar-refractivity contribution < 1.29 is 14.2 Å². The van der Waals surface area contributed by atoms with Crippen LogP contribution in [0.3, 0.4) is 0 Å². The molecule has 30 heavy (non-hydrogen) atoms. The van der Waals surface area contributed by atoms with Crippen molar-refractivity contribution >= 4 is 0 Å². The second kappa shape index (κ2) is 10.6. The van der Waals surface area contributed by atoms with Gasteiger partial charge in [-0.05, 0) is 52.6 Å². The van der Waals surface area contributed by atoms with Crippen molar-refractivity contribution in [3.05, 3.63) is 41.5 Å². The second-order valence-electron chi connectivity index (χ2n) is 7.81. The Kier molecular flexibility index (Phi) is 7.87. The average molecular weight is 415 g/mol. The first-order valence-electron chi connectivity index (χ1n) is 10.8. The van der Waals surface area contributed by atoms with Gasteiger partial charge in [-0.3, -0.25) is 0 Å². The molecule has 0 bridgehead atoms. The minimum atomic E-state index is -0.0690. The first-order chi connectivity index (χ1) is 14.5. The molecular formula is C23H34N4O3. The van der Waals surface area contributed by atoms with Crippen LogP contribution in [-0.4, -0.2) is 42.4 Å². The van der Waals surface area contributed by atoms with Crippen molar-refractivity contribution in [2.45, 2.75) is 64.8 Å². The Bertz CT molecular complexity index is 801. The molecule has 0 spiro atoms. The molecule has 1 aromatic carbocycles. The van der Waals surface area contributed by atoms with Gasteiger partial charge in [0.1, 0.15) is 0 Å². The van der Waals surface area contributed by atoms with Crippen LogP contribution < -0.4 is 24.8 Å². The number of methoxy groups -OCH3 is 1. The number of aromatic nitrogens is 2. The number of hydrogen-bond acceptors (Lipinski definition) is 7. The number of benzene rings is 1. The van der Waals surface area contributed by atoms with Crippen molar-refractivity contribution in [1.29, 1.82) is 0 Å². The van der Waals surface area contributed by atoms with Gasteiger partial charge >= 0.3 is 6.01 Å². The van der Waals surface area contributed by atoms with Crippen LogP contribution in [-0.2, 0) is 0 Å². The number of nitrogens with zero attached hydrogens (tertiary/aromatic N) is 2. The van der Waals surface area contributed by atoms with Gasteiger partial charge in [0.05, 0.1) is 25.4 Å². The number of rotatable bonds is 9. The number of nitrogens with one attached hydrogen (secondary N) is 2. The molecule has 3 rings (SSSR count). The van der Waals surface area contributed by atoms with Crippen LogP contribution in [0.2, 0.25) is 0 Å². The van der Waals surface area contributed by atoms with Crippen molar-refractivity contribution in [2.24, 2.45) is 0 Å². The van der Waals surface area contributed by atoms with Gasteiger partial charge < -0.3 is 24.8 Å². The molecule has 0 saturated carbocycles. The Morgan fingerprint density at radius 2 is 1.87 bits per heavy atom. The van der Waals surface area contributed by atoms with E-state index in [0.717, 1.165) is 24.9 Å². The summed E-state index contributed by atoms with van der Waals surface area (Å²) in [7, 11) is 1.61. The van der Waals surface area contributed by atoms with Gasteiger partial charge in [-0.2, -0.15) is 9.97 Å². The Labute approximate surface area is 179 Å². The zero-order chi connectivity index (χ0) is 21.5. The van der Waals surface area contributed by atoms with E-state index in [1.165, 1.54) is 5.56 Å². The predicted octanol–water partition coefficient (Wildman–Crippen LogP) is 3.82. The summed E-state index contributed by atoms with van der Waals surface area (Å²) < 4.78 is 17.2. The smallest absolute Gasteiger partial charge is 0.323 e. The number of hydrogen-bond donors (Lipinski definition) is 2. The molecule has 3 atom stereocenters. The van der Waals surface area contributed by atoms with Gasteiger partial charge in [0.15, 0.2) is 0 Å². The van der Waals surface area contributed by atoms with Crippen molar-refractivity contribution in [1.82, 2.24) is 20.6 Å². The van der Waals surface area contributed by atoms with Crippen LogP contribution >= 0.6 is 0 Å². The fourth-order valence-corrected chi connectivity index (χ4v) is 3.93. The molecule has 2 heterocycles. The third-order valence-electron chi connectivity index (χ3n) is 5.18. The lowest BCUT2D eigenvalue weighted by Crippen LogP contribution is -2.46. The lowest BCUT2D eigenvalue weighted by Gasteiger charge is -2.36. The summed E-state index contributed by atoms with van der Waals surface area (Å²) in [6.07, 6.45) is 2.18. The normalized spacial score (nSPS) is 20.1. The van der Waals surface area contributed by atoms with Crippen molar-refractivity contribution in [2.75, 3.05) is 20.3 Å². The van der Waals surface area contributed by atoms with E-state index in [1.54, 1.807) is 7.11 Å². The minimum Gasteiger partial charge on any atom is -0.480 e. The molecular weight excluding hydrogens is 380 g/mol. The maximum absolute atomic E-state index is 6.03. The van der Waals surface area contributed by atoms with Gasteiger partial charge in [-0.25, -0.2) is 0 Å². The largest absolute Gasteiger partial charge is 0.480 e. The predicted molar refractivity (Wildman–Crippen MR) is 117 cm³/mol. The van der Waals surface area contributed by atoms with Gasteiger partial charge in [-0.15, -0.1) is 0 Å². The topological polar surface area (TPSA) is 77.5 Å². The SMILES string of the molecule is CCOc1nc(OC)c(C(C)N[C@H]2CCCN[C@H]2c2ccccc2)c(OC(C)C)n1. The Morgan fingerprint density at radius 3 is 2.53 bits per heavy atom. The fourth-order valence-electron chi connectivity index (χ4n) is 3.93. The van der Waals surface area contributed by atoms with Crippen LogP contribution in [0.15, 0.2) is 30.3 Å². The van der Waals surface area contributed by atoms with E-state index in [0.29, 0.717) is 18.4 Å². The van der Waals surface area contributed by atoms with Crippen LogP contribution in [0.4, 0.5) is 0 Å². The lowest BCUT2D eigenvalue weighted by atomic mass is 9.91. The highest BCUT2D eigenvalue weighted by molar-refractivity contribution is 5.40. The van der Waals surface area contributed by atoms with Gasteiger partial charge in [0.25, 0.3) is 0 Å². The maximum atomic E-state index is 6.03. The van der Waals surface area contributed by atoms with Crippen LogP contribution in [0.25, 0.3) is 0 Å². The third-order valence-corrected chi connectivity index (χ3v) is 5.18. The Morgan fingerprint density at radius 1 is 1.13 bits per heavy atom. The van der Waals surface area contributed by atoms with E-state index < -0.39 is 0 Å². The monoisotopic (exact) mass is 414 g/mol. The number of piperidine rings is 1. The summed E-state index contributed by atoms with van der Waals surface area (Å²) in [6.45, 7) is 9.45. The Balaban J connectivity index is 1.89. The van der Waals surface area contributed by atoms with E-state index in [2.05, 4.69) is 57.9 Å². The zero-order valence-electron chi connectivity index (χ0n) is 18.6. The summed E-state index contributed by atoms with van der Waals surface area (Å²) in [5, 5.41) is 7.45. The summed E-state index contributed by atoms with van der Waals surface area (Å²) in [6, 6.07) is 11.3. The van der Waals surface area contributed by atoms with E-state index in [1.807, 2.05) is 20.8 Å². The summed E-state index contributed by atoms with van der Waals surface area (Å²) in [5.41, 5.74) is 2.10. The average Bonchev–Trinajstić information content (AvgIpc) is 2.74. The van der Waals surface area contributed by atoms with Crippen LogP contribution in [0, 0.1) is 0 Å². The van der Waals surface area contributed by atoms with E-state index >= 15 is 0 Å². The van der Waals surface area contributed by atoms with E-state index in [4.69, 9.17) is 14.2 Å². The zero-order valence-corrected chi connectivity index (χ0v) is 18.6. The molecule has 2 N–H and O–H groups in total. The molecule has 1 saturated heterocycles. The lowest BCUT2D eigenvalue weighted by molar-refractivity contribution is 0.212. The number of ether oxygens (including phenoxy) is 3.